The topological polar surface area (TPSA) is 84.3 Å². The zero-order chi connectivity index (χ0) is 13.7. The second-order valence-electron chi connectivity index (χ2n) is 3.70. The van der Waals surface area contributed by atoms with Gasteiger partial charge in [0.1, 0.15) is 0 Å². The molecule has 6 nitrogen and oxygen atoms in total. The molecule has 98 valence electrons. The van der Waals surface area contributed by atoms with E-state index in [1.54, 1.807) is 24.3 Å². The van der Waals surface area contributed by atoms with Gasteiger partial charge in [0.2, 0.25) is 5.88 Å². The lowest BCUT2D eigenvalue weighted by Crippen LogP contribution is -2.00. The second kappa shape index (κ2) is 5.81. The normalized spacial score (nSPS) is 9.95. The van der Waals surface area contributed by atoms with Crippen LogP contribution >= 0.6 is 0 Å². The lowest BCUT2D eigenvalue weighted by molar-refractivity contribution is 0.0697. The molecule has 0 fully saturated rings. The Labute approximate surface area is 110 Å². The van der Waals surface area contributed by atoms with Gasteiger partial charge in [-0.25, -0.2) is 4.79 Å². The molecule has 0 radical (unpaired) electrons. The Hall–Kier alpha value is -2.63. The van der Waals surface area contributed by atoms with Crippen molar-refractivity contribution in [3.63, 3.8) is 0 Å². The van der Waals surface area contributed by atoms with Crippen LogP contribution in [0.15, 0.2) is 36.4 Å². The fourth-order valence-corrected chi connectivity index (χ4v) is 1.46. The summed E-state index contributed by atoms with van der Waals surface area (Å²) in [5, 5.41) is 19.6. The highest BCUT2D eigenvalue weighted by atomic mass is 16.5. The lowest BCUT2D eigenvalue weighted by atomic mass is 10.2. The van der Waals surface area contributed by atoms with E-state index in [2.05, 4.69) is 15.5 Å². The largest absolute Gasteiger partial charge is 0.478 e. The number of carboxylic acids is 1. The minimum Gasteiger partial charge on any atom is -0.478 e. The van der Waals surface area contributed by atoms with Crippen molar-refractivity contribution in [3.8, 4) is 5.88 Å². The molecule has 0 amide bonds. The van der Waals surface area contributed by atoms with Crippen LogP contribution in [0.25, 0.3) is 0 Å². The standard InChI is InChI=1S/C13H13N3O3/c1-2-19-12-8-7-11(15-16-12)14-10-5-3-9(4-6-10)13(17)18/h3-8H,2H2,1H3,(H,14,15)(H,17,18). The van der Waals surface area contributed by atoms with Gasteiger partial charge in [-0.1, -0.05) is 0 Å². The summed E-state index contributed by atoms with van der Waals surface area (Å²) in [6.45, 7) is 2.41. The van der Waals surface area contributed by atoms with Gasteiger partial charge in [0.25, 0.3) is 0 Å². The summed E-state index contributed by atoms with van der Waals surface area (Å²) in [4.78, 5) is 10.7. The van der Waals surface area contributed by atoms with Crippen molar-refractivity contribution in [3.05, 3.63) is 42.0 Å². The number of ether oxygens (including phenoxy) is 1. The van der Waals surface area contributed by atoms with E-state index in [1.165, 1.54) is 12.1 Å². The quantitative estimate of drug-likeness (QED) is 0.857. The van der Waals surface area contributed by atoms with E-state index < -0.39 is 5.97 Å². The number of carbonyl (C=O) groups is 1. The minimum atomic E-state index is -0.951. The number of rotatable bonds is 5. The van der Waals surface area contributed by atoms with Gasteiger partial charge in [-0.05, 0) is 37.3 Å². The minimum absolute atomic E-state index is 0.239. The number of nitrogens with one attached hydrogen (secondary N) is 1. The van der Waals surface area contributed by atoms with Gasteiger partial charge in [-0.3, -0.25) is 0 Å². The van der Waals surface area contributed by atoms with Crippen molar-refractivity contribution < 1.29 is 14.6 Å². The van der Waals surface area contributed by atoms with Gasteiger partial charge >= 0.3 is 5.97 Å². The fourth-order valence-electron chi connectivity index (χ4n) is 1.46. The number of anilines is 2. The van der Waals surface area contributed by atoms with Crippen molar-refractivity contribution >= 4 is 17.5 Å². The highest BCUT2D eigenvalue weighted by Crippen LogP contribution is 2.16. The van der Waals surface area contributed by atoms with E-state index in [1.807, 2.05) is 6.92 Å². The van der Waals surface area contributed by atoms with E-state index >= 15 is 0 Å². The van der Waals surface area contributed by atoms with Crippen molar-refractivity contribution in [1.29, 1.82) is 0 Å². The van der Waals surface area contributed by atoms with Crippen molar-refractivity contribution in [1.82, 2.24) is 10.2 Å². The van der Waals surface area contributed by atoms with Gasteiger partial charge in [-0.15, -0.1) is 10.2 Å². The van der Waals surface area contributed by atoms with E-state index in [0.29, 0.717) is 18.3 Å². The van der Waals surface area contributed by atoms with Gasteiger partial charge in [-0.2, -0.15) is 0 Å². The molecule has 1 heterocycles. The first-order valence-electron chi connectivity index (χ1n) is 5.76. The van der Waals surface area contributed by atoms with Crippen LogP contribution in [0.5, 0.6) is 5.88 Å². The van der Waals surface area contributed by atoms with Crippen molar-refractivity contribution in [2.45, 2.75) is 6.92 Å². The molecule has 2 aromatic rings. The summed E-state index contributed by atoms with van der Waals surface area (Å²) in [5.41, 5.74) is 0.979. The van der Waals surface area contributed by atoms with Crippen LogP contribution in [0, 0.1) is 0 Å². The van der Waals surface area contributed by atoms with E-state index in [9.17, 15) is 4.79 Å². The van der Waals surface area contributed by atoms with Crippen LogP contribution in [0.4, 0.5) is 11.5 Å². The number of hydrogen-bond donors (Lipinski definition) is 2. The molecule has 0 spiro atoms. The Morgan fingerprint density at radius 3 is 2.47 bits per heavy atom. The molecule has 0 unspecified atom stereocenters. The molecule has 1 aromatic carbocycles. The maximum absolute atomic E-state index is 10.7. The molecule has 0 aliphatic rings. The maximum Gasteiger partial charge on any atom is 0.335 e. The van der Waals surface area contributed by atoms with Crippen molar-refractivity contribution in [2.24, 2.45) is 0 Å². The molecule has 6 heteroatoms. The molecule has 0 saturated carbocycles. The first-order valence-corrected chi connectivity index (χ1v) is 5.76. The van der Waals surface area contributed by atoms with E-state index in [4.69, 9.17) is 9.84 Å². The number of nitrogens with zero attached hydrogens (tertiary/aromatic N) is 2. The third kappa shape index (κ3) is 3.41. The van der Waals surface area contributed by atoms with Gasteiger partial charge < -0.3 is 15.2 Å². The Morgan fingerprint density at radius 1 is 1.21 bits per heavy atom. The number of benzene rings is 1. The highest BCUT2D eigenvalue weighted by Gasteiger charge is 2.03. The predicted octanol–water partition coefficient (Wildman–Crippen LogP) is 2.32. The molecule has 0 aliphatic heterocycles. The first kappa shape index (κ1) is 12.8. The van der Waals surface area contributed by atoms with Crippen LogP contribution in [0.2, 0.25) is 0 Å². The first-order chi connectivity index (χ1) is 9.19. The summed E-state index contributed by atoms with van der Waals surface area (Å²) >= 11 is 0. The highest BCUT2D eigenvalue weighted by molar-refractivity contribution is 5.88. The molecule has 0 atom stereocenters. The Morgan fingerprint density at radius 2 is 1.95 bits per heavy atom. The van der Waals surface area contributed by atoms with Crippen molar-refractivity contribution in [2.75, 3.05) is 11.9 Å². The van der Waals surface area contributed by atoms with Gasteiger partial charge in [0.15, 0.2) is 5.82 Å². The molecule has 19 heavy (non-hydrogen) atoms. The summed E-state index contributed by atoms with van der Waals surface area (Å²) < 4.78 is 5.19. The molecule has 2 N–H and O–H groups in total. The van der Waals surface area contributed by atoms with Crippen LogP contribution in [0.1, 0.15) is 17.3 Å². The van der Waals surface area contributed by atoms with Crippen LogP contribution in [-0.4, -0.2) is 27.9 Å². The Balaban J connectivity index is 2.06. The summed E-state index contributed by atoms with van der Waals surface area (Å²) in [6, 6.07) is 9.83. The molecular formula is C13H13N3O3. The van der Waals surface area contributed by atoms with Gasteiger partial charge in [0.05, 0.1) is 12.2 Å². The molecule has 0 saturated heterocycles. The third-order valence-corrected chi connectivity index (χ3v) is 2.34. The second-order valence-corrected chi connectivity index (χ2v) is 3.70. The van der Waals surface area contributed by atoms with Crippen LogP contribution in [-0.2, 0) is 0 Å². The monoisotopic (exact) mass is 259 g/mol. The summed E-state index contributed by atoms with van der Waals surface area (Å²) in [6.07, 6.45) is 0. The third-order valence-electron chi connectivity index (χ3n) is 2.34. The predicted molar refractivity (Wildman–Crippen MR) is 69.9 cm³/mol. The lowest BCUT2D eigenvalue weighted by Gasteiger charge is -2.06. The average Bonchev–Trinajstić information content (AvgIpc) is 2.42. The Kier molecular flexibility index (Phi) is 3.92. The summed E-state index contributed by atoms with van der Waals surface area (Å²) in [7, 11) is 0. The average molecular weight is 259 g/mol. The zero-order valence-corrected chi connectivity index (χ0v) is 10.3. The zero-order valence-electron chi connectivity index (χ0n) is 10.3. The van der Waals surface area contributed by atoms with Crippen LogP contribution < -0.4 is 10.1 Å². The summed E-state index contributed by atoms with van der Waals surface area (Å²) in [5.74, 6) is 0.0770. The SMILES string of the molecule is CCOc1ccc(Nc2ccc(C(=O)O)cc2)nn1. The number of aromatic carboxylic acids is 1. The maximum atomic E-state index is 10.7. The van der Waals surface area contributed by atoms with Crippen LogP contribution in [0.3, 0.4) is 0 Å². The van der Waals surface area contributed by atoms with E-state index in [0.717, 1.165) is 5.69 Å². The smallest absolute Gasteiger partial charge is 0.335 e. The molecule has 0 bridgehead atoms. The Bertz CT molecular complexity index is 552. The number of hydrogen-bond acceptors (Lipinski definition) is 5. The molecule has 1 aromatic heterocycles. The molecular weight excluding hydrogens is 246 g/mol. The number of carboxylic acid groups (broad SMARTS) is 1. The number of aromatic nitrogens is 2. The van der Waals surface area contributed by atoms with E-state index in [-0.39, 0.29) is 5.56 Å². The molecule has 2 rings (SSSR count). The molecule has 0 aliphatic carbocycles. The van der Waals surface area contributed by atoms with Gasteiger partial charge in [0, 0.05) is 11.8 Å². The fraction of sp³-hybridized carbons (Fsp3) is 0.154.